The Kier molecular flexibility index (Phi) is 6.68. The minimum Gasteiger partial charge on any atom is -0.454 e. The highest BCUT2D eigenvalue weighted by Gasteiger charge is 2.31. The predicted molar refractivity (Wildman–Crippen MR) is 137 cm³/mol. The number of hydrogen-bond acceptors (Lipinski definition) is 7. The number of fused-ring (bicyclic) bond motifs is 2. The van der Waals surface area contributed by atoms with E-state index in [-0.39, 0.29) is 29.8 Å². The number of nitrogens with one attached hydrogen (secondary N) is 1. The van der Waals surface area contributed by atoms with Crippen molar-refractivity contribution in [1.82, 2.24) is 30.1 Å². The summed E-state index contributed by atoms with van der Waals surface area (Å²) in [4.78, 5) is 18.3. The first-order chi connectivity index (χ1) is 17.8. The molecule has 0 bridgehead atoms. The molecule has 0 aliphatic carbocycles. The molecule has 3 heterocycles. The van der Waals surface area contributed by atoms with E-state index in [4.69, 9.17) is 9.47 Å². The average molecular weight is 507 g/mol. The molecular weight excluding hydrogens is 475 g/mol. The second kappa shape index (κ2) is 9.93. The molecule has 37 heavy (non-hydrogen) atoms. The molecular formula is C27H31FN6O3. The summed E-state index contributed by atoms with van der Waals surface area (Å²) >= 11 is 0. The van der Waals surface area contributed by atoms with Crippen molar-refractivity contribution in [1.29, 1.82) is 0 Å². The van der Waals surface area contributed by atoms with Crippen LogP contribution >= 0.6 is 0 Å². The number of tetrazole rings is 1. The molecule has 10 heteroatoms. The van der Waals surface area contributed by atoms with Crippen LogP contribution < -0.4 is 15.0 Å². The van der Waals surface area contributed by atoms with E-state index in [0.717, 1.165) is 23.2 Å². The van der Waals surface area contributed by atoms with Crippen LogP contribution in [0.5, 0.6) is 11.5 Å². The maximum atomic E-state index is 13.6. The summed E-state index contributed by atoms with van der Waals surface area (Å²) in [6.45, 7) is 9.36. The molecule has 5 rings (SSSR count). The lowest BCUT2D eigenvalue weighted by molar-refractivity contribution is 0.150. The predicted octanol–water partition coefficient (Wildman–Crippen LogP) is 4.68. The van der Waals surface area contributed by atoms with E-state index >= 15 is 0 Å². The summed E-state index contributed by atoms with van der Waals surface area (Å²) in [7, 11) is 0. The number of hydrogen-bond donors (Lipinski definition) is 1. The molecule has 1 aliphatic rings. The van der Waals surface area contributed by atoms with Gasteiger partial charge in [0.25, 0.3) is 5.56 Å². The van der Waals surface area contributed by atoms with E-state index in [1.165, 1.54) is 12.1 Å². The molecule has 194 valence electrons. The Morgan fingerprint density at radius 1 is 1.11 bits per heavy atom. The van der Waals surface area contributed by atoms with Crippen molar-refractivity contribution in [3.05, 3.63) is 75.6 Å². The third kappa shape index (κ3) is 4.93. The van der Waals surface area contributed by atoms with Gasteiger partial charge in [0.15, 0.2) is 17.3 Å². The maximum Gasteiger partial charge on any atom is 0.252 e. The fourth-order valence-corrected chi connectivity index (χ4v) is 4.66. The molecule has 2 aromatic heterocycles. The van der Waals surface area contributed by atoms with Gasteiger partial charge in [0.2, 0.25) is 6.79 Å². The molecule has 0 amide bonds. The summed E-state index contributed by atoms with van der Waals surface area (Å²) < 4.78 is 26.5. The van der Waals surface area contributed by atoms with Crippen LogP contribution in [0, 0.1) is 5.82 Å². The molecule has 1 unspecified atom stereocenters. The number of nitrogens with zero attached hydrogens (tertiary/aromatic N) is 5. The minimum absolute atomic E-state index is 0.162. The Morgan fingerprint density at radius 3 is 2.54 bits per heavy atom. The maximum absolute atomic E-state index is 13.6. The first-order valence-electron chi connectivity index (χ1n) is 12.5. The average Bonchev–Trinajstić information content (AvgIpc) is 3.55. The number of aromatic nitrogens is 5. The third-order valence-electron chi connectivity index (χ3n) is 7.14. The van der Waals surface area contributed by atoms with Crippen LogP contribution in [0.25, 0.3) is 10.9 Å². The van der Waals surface area contributed by atoms with E-state index in [1.54, 1.807) is 18.2 Å². The zero-order valence-electron chi connectivity index (χ0n) is 21.5. The van der Waals surface area contributed by atoms with Gasteiger partial charge in [0.05, 0.1) is 17.1 Å². The molecule has 4 aromatic rings. The standard InChI is InChI=1S/C27H31FN6O3/c1-5-22(25-30-31-32-34(25)27(3,4)6-2)33(14-17-7-9-20(28)10-8-17)15-19-11-18-12-23-24(37-16-36-23)13-21(18)29-26(19)35/h7-13,22H,5-6,14-16H2,1-4H3,(H,29,35). The fraction of sp³-hybridized carbons (Fsp3) is 0.407. The lowest BCUT2D eigenvalue weighted by Crippen LogP contribution is -2.36. The number of ether oxygens (including phenoxy) is 2. The number of H-pyrrole nitrogens is 1. The molecule has 0 saturated heterocycles. The largest absolute Gasteiger partial charge is 0.454 e. The van der Waals surface area contributed by atoms with E-state index in [2.05, 4.69) is 53.1 Å². The lowest BCUT2D eigenvalue weighted by atomic mass is 10.0. The Balaban J connectivity index is 1.55. The van der Waals surface area contributed by atoms with Crippen LogP contribution in [0.4, 0.5) is 4.39 Å². The van der Waals surface area contributed by atoms with Crippen LogP contribution in [-0.4, -0.2) is 36.9 Å². The normalized spacial score (nSPS) is 14.0. The van der Waals surface area contributed by atoms with Crippen molar-refractivity contribution in [2.24, 2.45) is 0 Å². The smallest absolute Gasteiger partial charge is 0.252 e. The SMILES string of the molecule is CCC(c1nnnn1C(C)(C)CC)N(Cc1ccc(F)cc1)Cc1cc2cc3c(cc2[nH]c1=O)OCO3. The number of halogens is 1. The summed E-state index contributed by atoms with van der Waals surface area (Å²) in [5.74, 6) is 1.71. The molecule has 0 spiro atoms. The number of aromatic amines is 1. The highest BCUT2D eigenvalue weighted by Crippen LogP contribution is 2.36. The Bertz CT molecular complexity index is 1460. The van der Waals surface area contributed by atoms with Crippen LogP contribution in [0.2, 0.25) is 0 Å². The molecule has 9 nitrogen and oxygen atoms in total. The van der Waals surface area contributed by atoms with Gasteiger partial charge in [0.1, 0.15) is 5.82 Å². The van der Waals surface area contributed by atoms with Gasteiger partial charge in [0, 0.05) is 30.1 Å². The highest BCUT2D eigenvalue weighted by molar-refractivity contribution is 5.83. The van der Waals surface area contributed by atoms with Gasteiger partial charge in [-0.25, -0.2) is 9.07 Å². The van der Waals surface area contributed by atoms with Gasteiger partial charge in [-0.1, -0.05) is 26.0 Å². The first kappa shape index (κ1) is 24.9. The Morgan fingerprint density at radius 2 is 1.84 bits per heavy atom. The van der Waals surface area contributed by atoms with Crippen LogP contribution in [0.15, 0.2) is 47.3 Å². The summed E-state index contributed by atoms with van der Waals surface area (Å²) in [5.41, 5.74) is 1.74. The zero-order valence-corrected chi connectivity index (χ0v) is 21.5. The molecule has 1 aliphatic heterocycles. The van der Waals surface area contributed by atoms with E-state index in [9.17, 15) is 9.18 Å². The van der Waals surface area contributed by atoms with Crippen LogP contribution in [-0.2, 0) is 18.6 Å². The first-order valence-corrected chi connectivity index (χ1v) is 12.5. The molecule has 2 aromatic carbocycles. The van der Waals surface area contributed by atoms with Crippen LogP contribution in [0.1, 0.15) is 63.5 Å². The molecule has 1 N–H and O–H groups in total. The number of pyridine rings is 1. The second-order valence-electron chi connectivity index (χ2n) is 9.99. The van der Waals surface area contributed by atoms with Crippen molar-refractivity contribution >= 4 is 10.9 Å². The van der Waals surface area contributed by atoms with Gasteiger partial charge in [-0.15, -0.1) is 5.10 Å². The van der Waals surface area contributed by atoms with Crippen molar-refractivity contribution < 1.29 is 13.9 Å². The van der Waals surface area contributed by atoms with Crippen molar-refractivity contribution in [3.8, 4) is 11.5 Å². The summed E-state index contributed by atoms with van der Waals surface area (Å²) in [6, 6.07) is 11.8. The second-order valence-corrected chi connectivity index (χ2v) is 9.99. The summed E-state index contributed by atoms with van der Waals surface area (Å²) in [5, 5.41) is 13.6. The van der Waals surface area contributed by atoms with Gasteiger partial charge in [-0.05, 0) is 66.9 Å². The number of benzene rings is 2. The van der Waals surface area contributed by atoms with Gasteiger partial charge in [-0.2, -0.15) is 0 Å². The zero-order chi connectivity index (χ0) is 26.2. The van der Waals surface area contributed by atoms with Crippen molar-refractivity contribution in [2.75, 3.05) is 6.79 Å². The summed E-state index contributed by atoms with van der Waals surface area (Å²) in [6.07, 6.45) is 1.56. The molecule has 0 saturated carbocycles. The topological polar surface area (TPSA) is 98.2 Å². The Hall–Kier alpha value is -3.79. The quantitative estimate of drug-likeness (QED) is 0.352. The third-order valence-corrected chi connectivity index (χ3v) is 7.14. The van der Waals surface area contributed by atoms with E-state index in [0.29, 0.717) is 42.1 Å². The number of rotatable bonds is 9. The monoisotopic (exact) mass is 506 g/mol. The van der Waals surface area contributed by atoms with Crippen LogP contribution in [0.3, 0.4) is 0 Å². The molecule has 0 radical (unpaired) electrons. The minimum atomic E-state index is -0.291. The van der Waals surface area contributed by atoms with Crippen molar-refractivity contribution in [2.45, 2.75) is 65.2 Å². The van der Waals surface area contributed by atoms with Gasteiger partial charge >= 0.3 is 0 Å². The molecule has 0 fully saturated rings. The van der Waals surface area contributed by atoms with Crippen molar-refractivity contribution in [3.63, 3.8) is 0 Å². The Labute approximate surface area is 214 Å². The molecule has 1 atom stereocenters. The van der Waals surface area contributed by atoms with Gasteiger partial charge in [-0.3, -0.25) is 9.69 Å². The van der Waals surface area contributed by atoms with Gasteiger partial charge < -0.3 is 14.5 Å². The lowest BCUT2D eigenvalue weighted by Gasteiger charge is -2.33. The highest BCUT2D eigenvalue weighted by atomic mass is 19.1. The fourth-order valence-electron chi connectivity index (χ4n) is 4.66. The van der Waals surface area contributed by atoms with E-state index < -0.39 is 0 Å². The van der Waals surface area contributed by atoms with E-state index in [1.807, 2.05) is 16.8 Å².